The van der Waals surface area contributed by atoms with Gasteiger partial charge in [0.15, 0.2) is 5.82 Å². The maximum Gasteiger partial charge on any atom is 0.270 e. The highest BCUT2D eigenvalue weighted by Gasteiger charge is 2.13. The SMILES string of the molecule is O=C(NCc1nnnn1-c1ccc(Br)cc1)c1cccc([N+](=O)[O-])c1. The molecule has 126 valence electrons. The summed E-state index contributed by atoms with van der Waals surface area (Å²) in [5.41, 5.74) is 0.789. The molecule has 1 N–H and O–H groups in total. The van der Waals surface area contributed by atoms with Gasteiger partial charge in [0.25, 0.3) is 11.6 Å². The van der Waals surface area contributed by atoms with Gasteiger partial charge in [-0.1, -0.05) is 22.0 Å². The zero-order valence-corrected chi connectivity index (χ0v) is 14.3. The summed E-state index contributed by atoms with van der Waals surface area (Å²) in [6, 6.07) is 12.8. The monoisotopic (exact) mass is 402 g/mol. The summed E-state index contributed by atoms with van der Waals surface area (Å²) in [7, 11) is 0. The van der Waals surface area contributed by atoms with Crippen molar-refractivity contribution in [2.24, 2.45) is 0 Å². The summed E-state index contributed by atoms with van der Waals surface area (Å²) in [6.07, 6.45) is 0. The van der Waals surface area contributed by atoms with Crippen LogP contribution in [-0.2, 0) is 6.54 Å². The smallest absolute Gasteiger partial charge is 0.270 e. The molecular formula is C15H11BrN6O3. The van der Waals surface area contributed by atoms with E-state index in [1.807, 2.05) is 24.3 Å². The maximum atomic E-state index is 12.2. The van der Waals surface area contributed by atoms with Crippen LogP contribution in [0.2, 0.25) is 0 Å². The van der Waals surface area contributed by atoms with E-state index in [4.69, 9.17) is 0 Å². The normalized spacial score (nSPS) is 10.4. The van der Waals surface area contributed by atoms with Crippen molar-refractivity contribution in [2.75, 3.05) is 0 Å². The van der Waals surface area contributed by atoms with Crippen molar-refractivity contribution in [1.29, 1.82) is 0 Å². The number of halogens is 1. The van der Waals surface area contributed by atoms with E-state index in [9.17, 15) is 14.9 Å². The molecule has 0 fully saturated rings. The molecule has 0 atom stereocenters. The number of carbonyl (C=O) groups is 1. The minimum Gasteiger partial charge on any atom is -0.345 e. The summed E-state index contributed by atoms with van der Waals surface area (Å²) in [5, 5.41) is 24.9. The van der Waals surface area contributed by atoms with Crippen LogP contribution < -0.4 is 5.32 Å². The van der Waals surface area contributed by atoms with Gasteiger partial charge < -0.3 is 5.32 Å². The molecule has 3 rings (SSSR count). The van der Waals surface area contributed by atoms with Crippen molar-refractivity contribution < 1.29 is 9.72 Å². The first-order valence-corrected chi connectivity index (χ1v) is 7.90. The van der Waals surface area contributed by atoms with Crippen LogP contribution >= 0.6 is 15.9 Å². The number of nitro benzene ring substituents is 1. The lowest BCUT2D eigenvalue weighted by molar-refractivity contribution is -0.384. The van der Waals surface area contributed by atoms with Crippen LogP contribution in [0.1, 0.15) is 16.2 Å². The largest absolute Gasteiger partial charge is 0.345 e. The molecule has 0 saturated heterocycles. The zero-order valence-electron chi connectivity index (χ0n) is 12.7. The van der Waals surface area contributed by atoms with Crippen molar-refractivity contribution in [1.82, 2.24) is 25.5 Å². The average Bonchev–Trinajstić information content (AvgIpc) is 3.09. The molecular weight excluding hydrogens is 392 g/mol. The molecule has 1 amide bonds. The van der Waals surface area contributed by atoms with Crippen LogP contribution in [0, 0.1) is 10.1 Å². The van der Waals surface area contributed by atoms with Gasteiger partial charge in [0.1, 0.15) is 0 Å². The van der Waals surface area contributed by atoms with Crippen molar-refractivity contribution in [3.05, 3.63) is 74.5 Å². The second kappa shape index (κ2) is 7.18. The Hall–Kier alpha value is -3.14. The minimum absolute atomic E-state index is 0.0740. The van der Waals surface area contributed by atoms with Crippen molar-refractivity contribution in [2.45, 2.75) is 6.54 Å². The first kappa shape index (κ1) is 16.7. The van der Waals surface area contributed by atoms with Crippen LogP contribution in [0.15, 0.2) is 53.0 Å². The number of nitrogens with zero attached hydrogens (tertiary/aromatic N) is 5. The van der Waals surface area contributed by atoms with E-state index in [-0.39, 0.29) is 17.8 Å². The summed E-state index contributed by atoms with van der Waals surface area (Å²) >= 11 is 3.35. The molecule has 0 spiro atoms. The molecule has 25 heavy (non-hydrogen) atoms. The Kier molecular flexibility index (Phi) is 4.80. The highest BCUT2D eigenvalue weighted by atomic mass is 79.9. The van der Waals surface area contributed by atoms with E-state index in [1.54, 1.807) is 0 Å². The molecule has 0 aliphatic carbocycles. The predicted octanol–water partition coefficient (Wildman–Crippen LogP) is 2.26. The van der Waals surface area contributed by atoms with E-state index in [0.29, 0.717) is 5.82 Å². The van der Waals surface area contributed by atoms with Crippen molar-refractivity contribution >= 4 is 27.5 Å². The van der Waals surface area contributed by atoms with E-state index in [1.165, 1.54) is 28.9 Å². The first-order chi connectivity index (χ1) is 12.0. The number of nitrogens with one attached hydrogen (secondary N) is 1. The topological polar surface area (TPSA) is 116 Å². The molecule has 2 aromatic carbocycles. The number of nitro groups is 1. The second-order valence-electron chi connectivity index (χ2n) is 4.97. The van der Waals surface area contributed by atoms with Crippen LogP contribution in [-0.4, -0.2) is 31.0 Å². The third kappa shape index (κ3) is 3.86. The van der Waals surface area contributed by atoms with Gasteiger partial charge in [0, 0.05) is 22.2 Å². The molecule has 9 nitrogen and oxygen atoms in total. The lowest BCUT2D eigenvalue weighted by atomic mass is 10.2. The number of rotatable bonds is 5. The Morgan fingerprint density at radius 1 is 1.24 bits per heavy atom. The molecule has 10 heteroatoms. The van der Waals surface area contributed by atoms with Crippen LogP contribution in [0.5, 0.6) is 0 Å². The molecule has 0 radical (unpaired) electrons. The highest BCUT2D eigenvalue weighted by Crippen LogP contribution is 2.15. The molecule has 0 aliphatic heterocycles. The number of non-ortho nitro benzene ring substituents is 1. The number of carbonyl (C=O) groups excluding carboxylic acids is 1. The third-order valence-corrected chi connectivity index (χ3v) is 3.86. The van der Waals surface area contributed by atoms with E-state index >= 15 is 0 Å². The molecule has 0 bridgehead atoms. The van der Waals surface area contributed by atoms with Gasteiger partial charge in [0.05, 0.1) is 17.2 Å². The molecule has 3 aromatic rings. The Morgan fingerprint density at radius 3 is 2.72 bits per heavy atom. The standard InChI is InChI=1S/C15H11BrN6O3/c16-11-4-6-12(7-5-11)21-14(18-19-20-21)9-17-15(23)10-2-1-3-13(8-10)22(24)25/h1-8H,9H2,(H,17,23). The summed E-state index contributed by atoms with van der Waals surface area (Å²) < 4.78 is 2.42. The minimum atomic E-state index is -0.551. The quantitative estimate of drug-likeness (QED) is 0.516. The van der Waals surface area contributed by atoms with Crippen LogP contribution in [0.25, 0.3) is 5.69 Å². The summed E-state index contributed by atoms with van der Waals surface area (Å²) in [5.74, 6) is -0.0184. The van der Waals surface area contributed by atoms with Gasteiger partial charge >= 0.3 is 0 Å². The highest BCUT2D eigenvalue weighted by molar-refractivity contribution is 9.10. The fraction of sp³-hybridized carbons (Fsp3) is 0.0667. The Morgan fingerprint density at radius 2 is 2.00 bits per heavy atom. The predicted molar refractivity (Wildman–Crippen MR) is 91.1 cm³/mol. The third-order valence-electron chi connectivity index (χ3n) is 3.33. The molecule has 0 saturated carbocycles. The van der Waals surface area contributed by atoms with Gasteiger partial charge in [-0.25, -0.2) is 0 Å². The molecule has 1 aromatic heterocycles. The molecule has 1 heterocycles. The van der Waals surface area contributed by atoms with Crippen molar-refractivity contribution in [3.8, 4) is 5.69 Å². The summed E-state index contributed by atoms with van der Waals surface area (Å²) in [4.78, 5) is 22.4. The number of tetrazole rings is 1. The van der Waals surface area contributed by atoms with E-state index < -0.39 is 10.8 Å². The average molecular weight is 403 g/mol. The Bertz CT molecular complexity index is 925. The van der Waals surface area contributed by atoms with Gasteiger partial charge in [0.2, 0.25) is 0 Å². The Balaban J connectivity index is 1.73. The van der Waals surface area contributed by atoms with Gasteiger partial charge in [-0.05, 0) is 40.8 Å². The second-order valence-corrected chi connectivity index (χ2v) is 5.89. The number of hydrogen-bond donors (Lipinski definition) is 1. The van der Waals surface area contributed by atoms with Crippen molar-refractivity contribution in [3.63, 3.8) is 0 Å². The fourth-order valence-corrected chi connectivity index (χ4v) is 2.39. The zero-order chi connectivity index (χ0) is 17.8. The summed E-state index contributed by atoms with van der Waals surface area (Å²) in [6.45, 7) is 0.0740. The van der Waals surface area contributed by atoms with E-state index in [0.717, 1.165) is 10.2 Å². The molecule has 0 aliphatic rings. The Labute approximate surface area is 149 Å². The van der Waals surface area contributed by atoms with Gasteiger partial charge in [-0.3, -0.25) is 14.9 Å². The number of amides is 1. The van der Waals surface area contributed by atoms with E-state index in [2.05, 4.69) is 36.8 Å². The lowest BCUT2D eigenvalue weighted by Crippen LogP contribution is -2.24. The lowest BCUT2D eigenvalue weighted by Gasteiger charge is -2.06. The number of benzene rings is 2. The first-order valence-electron chi connectivity index (χ1n) is 7.10. The maximum absolute atomic E-state index is 12.2. The van der Waals surface area contributed by atoms with Gasteiger partial charge in [-0.15, -0.1) is 5.10 Å². The fourth-order valence-electron chi connectivity index (χ4n) is 2.12. The van der Waals surface area contributed by atoms with Crippen LogP contribution in [0.4, 0.5) is 5.69 Å². The van der Waals surface area contributed by atoms with Gasteiger partial charge in [-0.2, -0.15) is 4.68 Å². The number of hydrogen-bond acceptors (Lipinski definition) is 6. The number of aromatic nitrogens is 4. The van der Waals surface area contributed by atoms with Crippen LogP contribution in [0.3, 0.4) is 0 Å². The molecule has 0 unspecified atom stereocenters.